The van der Waals surface area contributed by atoms with Crippen molar-refractivity contribution in [2.24, 2.45) is 11.3 Å². The van der Waals surface area contributed by atoms with Crippen LogP contribution in [0.25, 0.3) is 0 Å². The van der Waals surface area contributed by atoms with Crippen molar-refractivity contribution >= 4 is 5.78 Å². The van der Waals surface area contributed by atoms with Gasteiger partial charge in [0.15, 0.2) is 11.6 Å². The third-order valence-corrected chi connectivity index (χ3v) is 4.98. The van der Waals surface area contributed by atoms with E-state index in [4.69, 9.17) is 9.47 Å². The molecule has 2 rings (SSSR count). The number of ether oxygens (including phenoxy) is 2. The van der Waals surface area contributed by atoms with Gasteiger partial charge in [0.25, 0.3) is 0 Å². The van der Waals surface area contributed by atoms with E-state index in [1.165, 1.54) is 0 Å². The Balaban J connectivity index is 2.02. The van der Waals surface area contributed by atoms with Gasteiger partial charge in [-0.15, -0.1) is 0 Å². The van der Waals surface area contributed by atoms with Crippen molar-refractivity contribution in [3.05, 3.63) is 0 Å². The van der Waals surface area contributed by atoms with Crippen LogP contribution in [0.2, 0.25) is 0 Å². The van der Waals surface area contributed by atoms with Gasteiger partial charge in [-0.3, -0.25) is 4.79 Å². The summed E-state index contributed by atoms with van der Waals surface area (Å²) in [6.45, 7) is 8.96. The minimum Gasteiger partial charge on any atom is -0.382 e. The summed E-state index contributed by atoms with van der Waals surface area (Å²) >= 11 is 0. The van der Waals surface area contributed by atoms with E-state index in [-0.39, 0.29) is 11.7 Å². The predicted molar refractivity (Wildman–Crippen MR) is 71.7 cm³/mol. The lowest BCUT2D eigenvalue weighted by Gasteiger charge is -2.31. The molecule has 0 aromatic heterocycles. The average Bonchev–Trinajstić information content (AvgIpc) is 2.88. The first-order chi connectivity index (χ1) is 8.72. The Bertz CT molecular complexity index is 359. The third-order valence-electron chi connectivity index (χ3n) is 4.98. The molecule has 0 spiro atoms. The largest absolute Gasteiger partial charge is 0.382 e. The van der Waals surface area contributed by atoms with Crippen molar-refractivity contribution < 1.29 is 19.4 Å². The minimum absolute atomic E-state index is 0.00315. The van der Waals surface area contributed by atoms with Gasteiger partial charge in [0.05, 0.1) is 13.2 Å². The lowest BCUT2D eigenvalue weighted by atomic mass is 9.77. The molecule has 2 aliphatic rings. The molecule has 110 valence electrons. The Morgan fingerprint density at radius 2 is 1.74 bits per heavy atom. The number of ketones is 1. The van der Waals surface area contributed by atoms with Crippen molar-refractivity contribution in [2.45, 2.75) is 64.8 Å². The Hall–Kier alpha value is -0.450. The SMILES string of the molecule is CC(C)C1(O)CC[C@](C)(CCC2(C)OCCO2)C1=O. The van der Waals surface area contributed by atoms with Crippen molar-refractivity contribution in [3.63, 3.8) is 0 Å². The summed E-state index contributed by atoms with van der Waals surface area (Å²) in [6, 6.07) is 0. The summed E-state index contributed by atoms with van der Waals surface area (Å²) < 4.78 is 11.2. The zero-order chi connectivity index (χ0) is 14.3. The number of carbonyl (C=O) groups excluding carboxylic acids is 1. The van der Waals surface area contributed by atoms with Crippen LogP contribution in [0.1, 0.15) is 53.4 Å². The lowest BCUT2D eigenvalue weighted by Crippen LogP contribution is -2.44. The van der Waals surface area contributed by atoms with E-state index in [1.807, 2.05) is 27.7 Å². The number of Topliss-reactive ketones (excluding diaryl/α,β-unsaturated/α-hetero) is 1. The van der Waals surface area contributed by atoms with E-state index in [2.05, 4.69) is 0 Å². The Morgan fingerprint density at radius 3 is 2.21 bits per heavy atom. The maximum absolute atomic E-state index is 12.6. The van der Waals surface area contributed by atoms with Gasteiger partial charge in [0, 0.05) is 11.8 Å². The molecule has 1 heterocycles. The molecule has 0 amide bonds. The highest BCUT2D eigenvalue weighted by Gasteiger charge is 2.55. The Labute approximate surface area is 115 Å². The van der Waals surface area contributed by atoms with Crippen LogP contribution in [0.3, 0.4) is 0 Å². The van der Waals surface area contributed by atoms with Gasteiger partial charge in [0.1, 0.15) is 5.60 Å². The van der Waals surface area contributed by atoms with Crippen LogP contribution >= 0.6 is 0 Å². The zero-order valence-corrected chi connectivity index (χ0v) is 12.5. The highest BCUT2D eigenvalue weighted by atomic mass is 16.7. The first-order valence-corrected chi connectivity index (χ1v) is 7.27. The van der Waals surface area contributed by atoms with Gasteiger partial charge < -0.3 is 14.6 Å². The van der Waals surface area contributed by atoms with Crippen LogP contribution in [0.4, 0.5) is 0 Å². The van der Waals surface area contributed by atoms with Crippen LogP contribution in [0, 0.1) is 11.3 Å². The van der Waals surface area contributed by atoms with Crippen LogP contribution in [-0.4, -0.2) is 35.5 Å². The first kappa shape index (κ1) is 14.9. The summed E-state index contributed by atoms with van der Waals surface area (Å²) in [5.41, 5.74) is -1.59. The molecule has 0 aromatic carbocycles. The van der Waals surface area contributed by atoms with Gasteiger partial charge in [-0.2, -0.15) is 0 Å². The van der Waals surface area contributed by atoms with Gasteiger partial charge >= 0.3 is 0 Å². The molecule has 1 saturated heterocycles. The number of hydrogen-bond donors (Lipinski definition) is 1. The topological polar surface area (TPSA) is 55.8 Å². The predicted octanol–water partition coefficient (Wildman–Crippen LogP) is 2.29. The van der Waals surface area contributed by atoms with Crippen LogP contribution in [-0.2, 0) is 14.3 Å². The second kappa shape index (κ2) is 4.83. The second-order valence-corrected chi connectivity index (χ2v) is 6.80. The number of aliphatic hydroxyl groups is 1. The highest BCUT2D eigenvalue weighted by molar-refractivity contribution is 5.94. The number of hydrogen-bond acceptors (Lipinski definition) is 4. The summed E-state index contributed by atoms with van der Waals surface area (Å²) in [4.78, 5) is 12.6. The number of rotatable bonds is 4. The standard InChI is InChI=1S/C15H26O4/c1-11(2)15(17)8-6-13(3,12(15)16)5-7-14(4)18-9-10-19-14/h11,17H,5-10H2,1-4H3/t13-,15?/m0/s1. The van der Waals surface area contributed by atoms with E-state index in [1.54, 1.807) is 0 Å². The molecule has 0 aromatic rings. The smallest absolute Gasteiger partial charge is 0.170 e. The molecule has 1 N–H and O–H groups in total. The lowest BCUT2D eigenvalue weighted by molar-refractivity contribution is -0.157. The van der Waals surface area contributed by atoms with Gasteiger partial charge in [-0.25, -0.2) is 0 Å². The Kier molecular flexibility index (Phi) is 3.80. The third kappa shape index (κ3) is 2.58. The zero-order valence-electron chi connectivity index (χ0n) is 12.5. The fourth-order valence-electron chi connectivity index (χ4n) is 3.21. The first-order valence-electron chi connectivity index (χ1n) is 7.27. The maximum Gasteiger partial charge on any atom is 0.170 e. The normalized spacial score (nSPS) is 38.3. The molecule has 1 aliphatic carbocycles. The molecule has 2 atom stereocenters. The van der Waals surface area contributed by atoms with Gasteiger partial charge in [-0.1, -0.05) is 20.8 Å². The molecular weight excluding hydrogens is 244 g/mol. The fourth-order valence-corrected chi connectivity index (χ4v) is 3.21. The van der Waals surface area contributed by atoms with Crippen LogP contribution in [0.15, 0.2) is 0 Å². The molecule has 4 heteroatoms. The van der Waals surface area contributed by atoms with E-state index in [0.29, 0.717) is 32.5 Å². The van der Waals surface area contributed by atoms with Crippen molar-refractivity contribution in [3.8, 4) is 0 Å². The molecule has 4 nitrogen and oxygen atoms in total. The highest BCUT2D eigenvalue weighted by Crippen LogP contribution is 2.47. The van der Waals surface area contributed by atoms with E-state index in [0.717, 1.165) is 6.42 Å². The molecule has 19 heavy (non-hydrogen) atoms. The molecule has 1 saturated carbocycles. The Morgan fingerprint density at radius 1 is 1.16 bits per heavy atom. The average molecular weight is 270 g/mol. The molecular formula is C15H26O4. The molecule has 1 unspecified atom stereocenters. The van der Waals surface area contributed by atoms with Gasteiger partial charge in [0.2, 0.25) is 0 Å². The summed E-state index contributed by atoms with van der Waals surface area (Å²) in [7, 11) is 0. The maximum atomic E-state index is 12.6. The summed E-state index contributed by atoms with van der Waals surface area (Å²) in [5, 5.41) is 10.5. The summed E-state index contributed by atoms with van der Waals surface area (Å²) in [6.07, 6.45) is 2.72. The quantitative estimate of drug-likeness (QED) is 0.851. The van der Waals surface area contributed by atoms with Crippen molar-refractivity contribution in [2.75, 3.05) is 13.2 Å². The minimum atomic E-state index is -1.15. The molecule has 0 radical (unpaired) electrons. The fraction of sp³-hybridized carbons (Fsp3) is 0.933. The molecule has 0 bridgehead atoms. The van der Waals surface area contributed by atoms with Crippen LogP contribution in [0.5, 0.6) is 0 Å². The van der Waals surface area contributed by atoms with E-state index >= 15 is 0 Å². The monoisotopic (exact) mass is 270 g/mol. The van der Waals surface area contributed by atoms with E-state index < -0.39 is 16.8 Å². The van der Waals surface area contributed by atoms with E-state index in [9.17, 15) is 9.90 Å². The van der Waals surface area contributed by atoms with Crippen molar-refractivity contribution in [1.82, 2.24) is 0 Å². The van der Waals surface area contributed by atoms with Crippen molar-refractivity contribution in [1.29, 1.82) is 0 Å². The van der Waals surface area contributed by atoms with Crippen LogP contribution < -0.4 is 0 Å². The molecule has 2 fully saturated rings. The molecule has 1 aliphatic heterocycles. The second-order valence-electron chi connectivity index (χ2n) is 6.80. The van der Waals surface area contributed by atoms with Gasteiger partial charge in [-0.05, 0) is 32.1 Å². The summed E-state index contributed by atoms with van der Waals surface area (Å²) in [5.74, 6) is -0.588. The number of carbonyl (C=O) groups is 1.